The smallest absolute Gasteiger partial charge is 0.325 e. The van der Waals surface area contributed by atoms with Crippen LogP contribution in [0.25, 0.3) is 0 Å². The Balaban J connectivity index is 0.00000261. The van der Waals surface area contributed by atoms with Gasteiger partial charge >= 0.3 is 6.03 Å². The van der Waals surface area contributed by atoms with Gasteiger partial charge in [0.15, 0.2) is 0 Å². The molecule has 3 rings (SSSR count). The third-order valence-corrected chi connectivity index (χ3v) is 4.82. The molecule has 2 aromatic rings. The molecule has 6 nitrogen and oxygen atoms in total. The zero-order chi connectivity index (χ0) is 18.7. The van der Waals surface area contributed by atoms with Crippen LogP contribution in [-0.4, -0.2) is 25.0 Å². The minimum Gasteiger partial charge on any atom is -0.398 e. The number of amides is 3. The first-order valence-electron chi connectivity index (χ1n) is 8.75. The van der Waals surface area contributed by atoms with Gasteiger partial charge in [-0.1, -0.05) is 18.2 Å². The van der Waals surface area contributed by atoms with Crippen LogP contribution in [0.2, 0.25) is 0 Å². The van der Waals surface area contributed by atoms with E-state index in [1.54, 1.807) is 0 Å². The highest BCUT2D eigenvalue weighted by molar-refractivity contribution is 6.02. The van der Waals surface area contributed by atoms with Gasteiger partial charge in [0.1, 0.15) is 0 Å². The summed E-state index contributed by atoms with van der Waals surface area (Å²) in [4.78, 5) is 26.4. The third-order valence-electron chi connectivity index (χ3n) is 4.82. The number of rotatable bonds is 3. The average Bonchev–Trinajstić information content (AvgIpc) is 2.60. The lowest BCUT2D eigenvalue weighted by Crippen LogP contribution is -2.43. The molecule has 144 valence electrons. The fraction of sp³-hybridized carbons (Fsp3) is 0.300. The number of aryl methyl sites for hydroxylation is 1. The monoisotopic (exact) mass is 388 g/mol. The summed E-state index contributed by atoms with van der Waals surface area (Å²) in [5.74, 6) is -0.344. The van der Waals surface area contributed by atoms with Crippen molar-refractivity contribution in [3.05, 3.63) is 53.1 Å². The van der Waals surface area contributed by atoms with Gasteiger partial charge in [-0.05, 0) is 61.6 Å². The molecule has 0 fully saturated rings. The van der Waals surface area contributed by atoms with Crippen LogP contribution in [0.3, 0.4) is 0 Å². The van der Waals surface area contributed by atoms with Crippen molar-refractivity contribution >= 4 is 41.4 Å². The third kappa shape index (κ3) is 4.71. The zero-order valence-corrected chi connectivity index (χ0v) is 16.4. The van der Waals surface area contributed by atoms with E-state index in [9.17, 15) is 9.59 Å². The van der Waals surface area contributed by atoms with E-state index in [1.165, 1.54) is 0 Å². The number of hydrogen-bond acceptors (Lipinski definition) is 4. The van der Waals surface area contributed by atoms with Crippen molar-refractivity contribution in [2.24, 2.45) is 0 Å². The maximum atomic E-state index is 12.3. The van der Waals surface area contributed by atoms with Crippen LogP contribution in [-0.2, 0) is 11.2 Å². The van der Waals surface area contributed by atoms with E-state index in [4.69, 9.17) is 5.73 Å². The molecule has 1 aliphatic rings. The summed E-state index contributed by atoms with van der Waals surface area (Å²) in [6.07, 6.45) is 1.84. The van der Waals surface area contributed by atoms with Gasteiger partial charge in [-0.3, -0.25) is 10.1 Å². The van der Waals surface area contributed by atoms with Crippen LogP contribution in [0, 0.1) is 13.8 Å². The lowest BCUT2D eigenvalue weighted by molar-refractivity contribution is -0.118. The van der Waals surface area contributed by atoms with E-state index in [-0.39, 0.29) is 24.9 Å². The summed E-state index contributed by atoms with van der Waals surface area (Å²) in [6, 6.07) is 10.9. The number of nitrogens with two attached hydrogens (primary N) is 1. The molecular formula is C20H25ClN4O2. The van der Waals surface area contributed by atoms with E-state index < -0.39 is 6.03 Å². The zero-order valence-electron chi connectivity index (χ0n) is 15.5. The van der Waals surface area contributed by atoms with E-state index in [2.05, 4.69) is 10.6 Å². The number of carbonyl (C=O) groups is 2. The number of fused-ring (bicyclic) bond motifs is 1. The van der Waals surface area contributed by atoms with Crippen molar-refractivity contribution in [1.82, 2.24) is 5.32 Å². The van der Waals surface area contributed by atoms with E-state index in [0.29, 0.717) is 5.69 Å². The second kappa shape index (κ2) is 8.77. The summed E-state index contributed by atoms with van der Waals surface area (Å²) in [7, 11) is 0. The molecule has 0 spiro atoms. The second-order valence-electron chi connectivity index (χ2n) is 6.62. The maximum absolute atomic E-state index is 12.3. The second-order valence-corrected chi connectivity index (χ2v) is 6.62. The lowest BCUT2D eigenvalue weighted by atomic mass is 10.00. The van der Waals surface area contributed by atoms with Gasteiger partial charge < -0.3 is 16.0 Å². The molecule has 27 heavy (non-hydrogen) atoms. The Morgan fingerprint density at radius 2 is 1.89 bits per heavy atom. The molecule has 0 bridgehead atoms. The molecule has 1 heterocycles. The first-order chi connectivity index (χ1) is 12.5. The fourth-order valence-corrected chi connectivity index (χ4v) is 3.27. The maximum Gasteiger partial charge on any atom is 0.325 e. The van der Waals surface area contributed by atoms with E-state index in [1.807, 2.05) is 55.1 Å². The van der Waals surface area contributed by atoms with Gasteiger partial charge in [0.25, 0.3) is 0 Å². The quantitative estimate of drug-likeness (QED) is 0.703. The standard InChI is InChI=1S/C20H24N4O2.ClH/c1-13-6-3-9-17(14(13)2)22-20(26)23-19(25)12-24-11-5-7-15-16(21)8-4-10-18(15)24;/h3-4,6,8-10H,5,7,11-12,21H2,1-2H3,(H2,22,23,25,26);1H. The molecule has 1 aliphatic heterocycles. The van der Waals surface area contributed by atoms with Gasteiger partial charge in [-0.15, -0.1) is 12.4 Å². The highest BCUT2D eigenvalue weighted by Gasteiger charge is 2.21. The van der Waals surface area contributed by atoms with Crippen molar-refractivity contribution in [1.29, 1.82) is 0 Å². The Labute approximate surface area is 165 Å². The average molecular weight is 389 g/mol. The van der Waals surface area contributed by atoms with Crippen LogP contribution in [0.1, 0.15) is 23.1 Å². The van der Waals surface area contributed by atoms with Crippen molar-refractivity contribution < 1.29 is 9.59 Å². The van der Waals surface area contributed by atoms with E-state index in [0.717, 1.165) is 47.5 Å². The number of imide groups is 1. The van der Waals surface area contributed by atoms with Crippen LogP contribution in [0.5, 0.6) is 0 Å². The normalized spacial score (nSPS) is 12.6. The van der Waals surface area contributed by atoms with Crippen LogP contribution < -0.4 is 21.3 Å². The lowest BCUT2D eigenvalue weighted by Gasteiger charge is -2.31. The Morgan fingerprint density at radius 3 is 2.67 bits per heavy atom. The molecule has 0 saturated carbocycles. The topological polar surface area (TPSA) is 87.5 Å². The minimum absolute atomic E-state index is 0. The van der Waals surface area contributed by atoms with Crippen LogP contribution >= 0.6 is 12.4 Å². The summed E-state index contributed by atoms with van der Waals surface area (Å²) in [5, 5.41) is 5.14. The molecule has 0 saturated heterocycles. The first-order valence-corrected chi connectivity index (χ1v) is 8.75. The Hall–Kier alpha value is -2.73. The number of benzene rings is 2. The predicted octanol–water partition coefficient (Wildman–Crippen LogP) is 3.41. The Bertz CT molecular complexity index is 854. The Morgan fingerprint density at radius 1 is 1.15 bits per heavy atom. The van der Waals surface area contributed by atoms with Crippen LogP contribution in [0.4, 0.5) is 21.9 Å². The fourth-order valence-electron chi connectivity index (χ4n) is 3.27. The first kappa shape index (κ1) is 20.6. The summed E-state index contributed by atoms with van der Waals surface area (Å²) in [5.41, 5.74) is 11.6. The molecular weight excluding hydrogens is 364 g/mol. The van der Waals surface area contributed by atoms with E-state index >= 15 is 0 Å². The number of anilines is 3. The largest absolute Gasteiger partial charge is 0.398 e. The van der Waals surface area contributed by atoms with Crippen molar-refractivity contribution in [3.8, 4) is 0 Å². The highest BCUT2D eigenvalue weighted by Crippen LogP contribution is 2.30. The molecule has 4 N–H and O–H groups in total. The predicted molar refractivity (Wildman–Crippen MR) is 112 cm³/mol. The molecule has 2 aromatic carbocycles. The minimum atomic E-state index is -0.520. The summed E-state index contributed by atoms with van der Waals surface area (Å²) >= 11 is 0. The number of nitrogen functional groups attached to an aromatic ring is 1. The summed E-state index contributed by atoms with van der Waals surface area (Å²) in [6.45, 7) is 4.80. The molecule has 0 aromatic heterocycles. The molecule has 0 radical (unpaired) electrons. The number of nitrogens with one attached hydrogen (secondary N) is 2. The highest BCUT2D eigenvalue weighted by atomic mass is 35.5. The van der Waals surface area contributed by atoms with Crippen molar-refractivity contribution in [2.75, 3.05) is 29.0 Å². The van der Waals surface area contributed by atoms with Gasteiger partial charge in [0.05, 0.1) is 6.54 Å². The number of halogens is 1. The molecule has 0 atom stereocenters. The molecule has 0 unspecified atom stereocenters. The molecule has 7 heteroatoms. The number of urea groups is 1. The Kier molecular flexibility index (Phi) is 6.69. The van der Waals surface area contributed by atoms with Gasteiger partial charge in [-0.25, -0.2) is 4.79 Å². The number of carbonyl (C=O) groups excluding carboxylic acids is 2. The van der Waals surface area contributed by atoms with Gasteiger partial charge in [0.2, 0.25) is 5.91 Å². The SMILES string of the molecule is Cc1cccc(NC(=O)NC(=O)CN2CCCc3c(N)cccc32)c1C.Cl. The van der Waals surface area contributed by atoms with Crippen molar-refractivity contribution in [2.45, 2.75) is 26.7 Å². The van der Waals surface area contributed by atoms with Crippen LogP contribution in [0.15, 0.2) is 36.4 Å². The molecule has 3 amide bonds. The van der Waals surface area contributed by atoms with Gasteiger partial charge in [-0.2, -0.15) is 0 Å². The summed E-state index contributed by atoms with van der Waals surface area (Å²) < 4.78 is 0. The number of hydrogen-bond donors (Lipinski definition) is 3. The number of nitrogens with zero attached hydrogens (tertiary/aromatic N) is 1. The van der Waals surface area contributed by atoms with Crippen molar-refractivity contribution in [3.63, 3.8) is 0 Å². The van der Waals surface area contributed by atoms with Gasteiger partial charge in [0, 0.05) is 23.6 Å². The molecule has 0 aliphatic carbocycles.